The van der Waals surface area contributed by atoms with E-state index in [2.05, 4.69) is 103 Å². The van der Waals surface area contributed by atoms with Gasteiger partial charge in [0.15, 0.2) is 17.8 Å². The maximum atomic E-state index is 15.7. The molecule has 9 atom stereocenters. The largest absolute Gasteiger partial charge is 0.481 e. The molecular formula is C69H74O11. The molecule has 2 saturated carbocycles. The van der Waals surface area contributed by atoms with Gasteiger partial charge in [0.2, 0.25) is 0 Å². The number of aryl methyl sites for hydroxylation is 1. The van der Waals surface area contributed by atoms with Crippen LogP contribution in [0.5, 0.6) is 5.75 Å². The van der Waals surface area contributed by atoms with Crippen molar-refractivity contribution in [1.82, 2.24) is 0 Å². The van der Waals surface area contributed by atoms with Gasteiger partial charge in [0.25, 0.3) is 0 Å². The van der Waals surface area contributed by atoms with Gasteiger partial charge in [-0.15, -0.1) is 0 Å². The highest BCUT2D eigenvalue weighted by Crippen LogP contribution is 2.56. The molecule has 3 N–H and O–H groups in total. The molecule has 2 fully saturated rings. The minimum absolute atomic E-state index is 0.0153. The maximum Gasteiger partial charge on any atom is 0.340 e. The van der Waals surface area contributed by atoms with Crippen molar-refractivity contribution in [3.05, 3.63) is 174 Å². The Morgan fingerprint density at radius 1 is 0.863 bits per heavy atom. The van der Waals surface area contributed by atoms with Gasteiger partial charge in [-0.2, -0.15) is 0 Å². The molecule has 12 rings (SSSR count). The van der Waals surface area contributed by atoms with Crippen LogP contribution >= 0.6 is 0 Å². The van der Waals surface area contributed by atoms with Crippen LogP contribution in [-0.2, 0) is 48.7 Å². The van der Waals surface area contributed by atoms with E-state index in [1.165, 1.54) is 35.8 Å². The van der Waals surface area contributed by atoms with Gasteiger partial charge in [0.05, 0.1) is 31.8 Å². The van der Waals surface area contributed by atoms with E-state index in [0.717, 1.165) is 68.1 Å². The Labute approximate surface area is 469 Å². The topological polar surface area (TPSA) is 162 Å². The first kappa shape index (κ1) is 54.1. The third-order valence-electron chi connectivity index (χ3n) is 19.6. The summed E-state index contributed by atoms with van der Waals surface area (Å²) in [4.78, 5) is 45.5. The number of methoxy groups -OCH3 is 1. The lowest BCUT2D eigenvalue weighted by molar-refractivity contribution is -0.204. The number of aliphatic hydroxyl groups is 3. The molecule has 0 saturated heterocycles. The molecular weight excluding hydrogens is 1000 g/mol. The fourth-order valence-electron chi connectivity index (χ4n) is 15.6. The number of carbonyl (C=O) groups excluding carboxylic acids is 2. The minimum atomic E-state index is -1.36. The Balaban J connectivity index is 1.03. The molecule has 0 spiro atoms. The normalized spacial score (nSPS) is 28.3. The molecule has 11 heteroatoms. The second-order valence-electron chi connectivity index (χ2n) is 23.9. The van der Waals surface area contributed by atoms with Gasteiger partial charge in [-0.1, -0.05) is 135 Å². The van der Waals surface area contributed by atoms with Crippen molar-refractivity contribution in [3.8, 4) is 17.6 Å². The second kappa shape index (κ2) is 22.8. The van der Waals surface area contributed by atoms with Crippen molar-refractivity contribution in [2.45, 2.75) is 157 Å². The Hall–Kier alpha value is -6.55. The Bertz CT molecular complexity index is 3410. The number of aliphatic hydroxyl groups excluding tert-OH is 3. The zero-order chi connectivity index (χ0) is 55.1. The van der Waals surface area contributed by atoms with Crippen LogP contribution in [0.15, 0.2) is 117 Å². The van der Waals surface area contributed by atoms with Crippen LogP contribution in [0, 0.1) is 29.6 Å². The summed E-state index contributed by atoms with van der Waals surface area (Å²) in [6, 6.07) is 28.2. The number of esters is 2. The van der Waals surface area contributed by atoms with Gasteiger partial charge in [0, 0.05) is 72.2 Å². The van der Waals surface area contributed by atoms with E-state index in [9.17, 15) is 20.1 Å². The van der Waals surface area contributed by atoms with E-state index in [1.807, 2.05) is 0 Å². The van der Waals surface area contributed by atoms with Gasteiger partial charge in [-0.05, 0) is 132 Å². The average molecular weight is 1080 g/mol. The van der Waals surface area contributed by atoms with E-state index in [4.69, 9.17) is 23.4 Å². The first-order valence-corrected chi connectivity index (χ1v) is 29.4. The van der Waals surface area contributed by atoms with Crippen LogP contribution in [0.3, 0.4) is 0 Å². The lowest BCUT2D eigenvalue weighted by Gasteiger charge is -2.51. The van der Waals surface area contributed by atoms with Crippen molar-refractivity contribution >= 4 is 29.0 Å². The number of rotatable bonds is 10. The summed E-state index contributed by atoms with van der Waals surface area (Å²) in [6.45, 7) is 0.678. The first-order valence-electron chi connectivity index (χ1n) is 29.4. The van der Waals surface area contributed by atoms with E-state index in [1.54, 1.807) is 19.1 Å². The van der Waals surface area contributed by atoms with Crippen molar-refractivity contribution in [1.29, 1.82) is 0 Å². The third-order valence-corrected chi connectivity index (χ3v) is 19.6. The maximum absolute atomic E-state index is 15.7. The number of fused-ring (bicyclic) bond motifs is 12. The van der Waals surface area contributed by atoms with Crippen molar-refractivity contribution in [3.63, 3.8) is 0 Å². The summed E-state index contributed by atoms with van der Waals surface area (Å²) in [5.41, 5.74) is 7.72. The van der Waals surface area contributed by atoms with Gasteiger partial charge in [-0.25, -0.2) is 9.59 Å². The molecule has 5 aromatic rings. The number of allylic oxidation sites excluding steroid dienone is 3. The second-order valence-corrected chi connectivity index (χ2v) is 23.9. The molecule has 4 aliphatic carbocycles. The Morgan fingerprint density at radius 2 is 1.71 bits per heavy atom. The van der Waals surface area contributed by atoms with Crippen LogP contribution in [0.25, 0.3) is 17.0 Å². The molecule has 4 aromatic carbocycles. The van der Waals surface area contributed by atoms with E-state index < -0.39 is 47.9 Å². The summed E-state index contributed by atoms with van der Waals surface area (Å²) in [7, 11) is 1.51. The molecule has 4 heterocycles. The highest BCUT2D eigenvalue weighted by atomic mass is 16.6. The highest BCUT2D eigenvalue weighted by molar-refractivity contribution is 5.90. The van der Waals surface area contributed by atoms with Crippen molar-refractivity contribution in [2.75, 3.05) is 26.9 Å². The van der Waals surface area contributed by atoms with Crippen LogP contribution < -0.4 is 10.4 Å². The molecule has 80 heavy (non-hydrogen) atoms. The van der Waals surface area contributed by atoms with E-state index in [0.29, 0.717) is 53.0 Å². The lowest BCUT2D eigenvalue weighted by Crippen LogP contribution is -2.60. The van der Waals surface area contributed by atoms with Crippen LogP contribution in [-0.4, -0.2) is 65.9 Å². The molecule has 7 aliphatic rings. The predicted octanol–water partition coefficient (Wildman–Crippen LogP) is 11.8. The van der Waals surface area contributed by atoms with Gasteiger partial charge < -0.3 is 38.7 Å². The molecule has 0 unspecified atom stereocenters. The number of hydrogen-bond acceptors (Lipinski definition) is 11. The molecule has 416 valence electrons. The number of hydrogen-bond donors (Lipinski definition) is 3. The minimum Gasteiger partial charge on any atom is -0.481 e. The summed E-state index contributed by atoms with van der Waals surface area (Å²) in [6.07, 6.45) is 17.8. The van der Waals surface area contributed by atoms with Gasteiger partial charge in [-0.3, -0.25) is 4.79 Å². The first-order chi connectivity index (χ1) is 39.1. The SMILES string of the molecule is COC[C@@H](CCO)c1c(CO)c2ccc3c(c2oc1=O)[C@H]1OC(=O)C[C@@H]2C[C@@H](c4cccc([C@]56CCCC[C@@H]5C=Cc5ccccc56)c4)C=C[C@H]2c2ccc4cc2CC#CC[C@@](C2CCCCC2)(O3)[C@H]1OC(=O)/C(=C(/C)CO)CC4. The third kappa shape index (κ3) is 9.57. The average Bonchev–Trinajstić information content (AvgIpc) is 3.68. The molecule has 0 radical (unpaired) electrons. The zero-order valence-corrected chi connectivity index (χ0v) is 46.2. The zero-order valence-electron chi connectivity index (χ0n) is 46.2. The van der Waals surface area contributed by atoms with Crippen LogP contribution in [0.1, 0.15) is 176 Å². The van der Waals surface area contributed by atoms with Gasteiger partial charge in [0.1, 0.15) is 11.3 Å². The predicted molar refractivity (Wildman–Crippen MR) is 306 cm³/mol. The Kier molecular flexibility index (Phi) is 15.4. The van der Waals surface area contributed by atoms with E-state index >= 15 is 9.59 Å². The number of carbonyl (C=O) groups is 2. The summed E-state index contributed by atoms with van der Waals surface area (Å²) < 4.78 is 33.4. The molecule has 11 nitrogen and oxygen atoms in total. The number of ether oxygens (including phenoxy) is 4. The monoisotopic (exact) mass is 1080 g/mol. The summed E-state index contributed by atoms with van der Waals surface area (Å²) in [5.74, 6) is 5.47. The van der Waals surface area contributed by atoms with Crippen molar-refractivity contribution in [2.24, 2.45) is 17.8 Å². The molecule has 3 aliphatic heterocycles. The highest BCUT2D eigenvalue weighted by Gasteiger charge is 2.59. The van der Waals surface area contributed by atoms with Crippen molar-refractivity contribution < 1.29 is 48.3 Å². The quantitative estimate of drug-likeness (QED) is 0.0401. The van der Waals surface area contributed by atoms with Crippen LogP contribution in [0.2, 0.25) is 0 Å². The van der Waals surface area contributed by atoms with E-state index in [-0.39, 0.29) is 91.3 Å². The number of benzene rings is 4. The fourth-order valence-corrected chi connectivity index (χ4v) is 15.6. The Morgan fingerprint density at radius 3 is 2.54 bits per heavy atom. The molecule has 5 bridgehead atoms. The standard InChI is InChI=1S/C69H74O11/c1-42(39-71)53-26-21-43-22-27-54-47(35-43)14-8-11-33-69(51-17-4-3-5-18-51)65(79-66(53)74)64(62-59(80-69)30-29-56-57(40-72)61(67(75)78-63(56)62)48(31-34-70)41-76-2)77-60(73)38-49-36-46(24-28-55(49)54)45-15-12-19-52(37-45)68-32-10-9-16-50(68)25-23-44-13-6-7-20-58(44)68/h6-7,12-13,15,19-20,22-25,27-30,35,37,46,48-51,55,64-65,70-72H,3-5,9-10,14,16-18,21,26,31-34,36,38-41H2,1-2H3/b53-42-/t46-,48+,49-,50+,55+,64+,65-,68-,69-/m0/s1. The summed E-state index contributed by atoms with van der Waals surface area (Å²) in [5, 5.41) is 32.4. The van der Waals surface area contributed by atoms with Crippen LogP contribution in [0.4, 0.5) is 0 Å². The summed E-state index contributed by atoms with van der Waals surface area (Å²) >= 11 is 0. The smallest absolute Gasteiger partial charge is 0.340 e. The fraction of sp³-hybridized carbons (Fsp3) is 0.464. The molecule has 0 amide bonds. The van der Waals surface area contributed by atoms with Gasteiger partial charge >= 0.3 is 17.6 Å². The molecule has 1 aromatic heterocycles. The lowest BCUT2D eigenvalue weighted by atomic mass is 9.56.